The number of halogens is 1. The summed E-state index contributed by atoms with van der Waals surface area (Å²) in [6, 6.07) is 4.90. The number of nitrogens with zero attached hydrogens (tertiary/aromatic N) is 2. The van der Waals surface area contributed by atoms with Gasteiger partial charge in [-0.2, -0.15) is 0 Å². The highest BCUT2D eigenvalue weighted by molar-refractivity contribution is 5.83. The molecule has 1 spiro atoms. The molecular weight excluding hydrogens is 319 g/mol. The van der Waals surface area contributed by atoms with Crippen LogP contribution >= 0.6 is 0 Å². The number of guanidine groups is 1. The maximum absolute atomic E-state index is 13.3. The molecule has 2 fully saturated rings. The first kappa shape index (κ1) is 16.4. The minimum atomic E-state index is -0.210. The second-order valence-corrected chi connectivity index (χ2v) is 7.20. The van der Waals surface area contributed by atoms with Gasteiger partial charge in [-0.25, -0.2) is 4.39 Å². The molecule has 3 heterocycles. The Morgan fingerprint density at radius 1 is 1.44 bits per heavy atom. The number of aromatic nitrogens is 1. The normalized spacial score (nSPS) is 23.9. The minimum absolute atomic E-state index is 0.210. The predicted molar refractivity (Wildman–Crippen MR) is 97.4 cm³/mol. The van der Waals surface area contributed by atoms with Gasteiger partial charge in [0.05, 0.1) is 6.61 Å². The molecule has 0 bridgehead atoms. The molecule has 2 aromatic rings. The lowest BCUT2D eigenvalue weighted by molar-refractivity contribution is 0.156. The van der Waals surface area contributed by atoms with E-state index < -0.39 is 0 Å². The average molecular weight is 344 g/mol. The number of aromatic amines is 1. The van der Waals surface area contributed by atoms with Crippen molar-refractivity contribution >= 4 is 16.9 Å². The van der Waals surface area contributed by atoms with Crippen molar-refractivity contribution in [2.75, 3.05) is 39.9 Å². The number of H-pyrrole nitrogens is 1. The summed E-state index contributed by atoms with van der Waals surface area (Å²) < 4.78 is 18.9. The summed E-state index contributed by atoms with van der Waals surface area (Å²) in [5.74, 6) is 0.757. The van der Waals surface area contributed by atoms with Gasteiger partial charge in [-0.05, 0) is 43.0 Å². The van der Waals surface area contributed by atoms with E-state index in [2.05, 4.69) is 20.2 Å². The molecule has 2 saturated heterocycles. The fourth-order valence-electron chi connectivity index (χ4n) is 4.09. The van der Waals surface area contributed by atoms with Crippen LogP contribution < -0.4 is 5.32 Å². The van der Waals surface area contributed by atoms with Crippen molar-refractivity contribution in [3.63, 3.8) is 0 Å². The van der Waals surface area contributed by atoms with Crippen molar-refractivity contribution in [3.8, 4) is 0 Å². The van der Waals surface area contributed by atoms with Crippen LogP contribution in [0.2, 0.25) is 0 Å². The Balaban J connectivity index is 1.35. The number of rotatable bonds is 3. The maximum atomic E-state index is 13.3. The van der Waals surface area contributed by atoms with Crippen LogP contribution in [0.25, 0.3) is 10.9 Å². The Hall–Kier alpha value is -2.08. The van der Waals surface area contributed by atoms with Crippen LogP contribution in [-0.4, -0.2) is 55.7 Å². The van der Waals surface area contributed by atoms with E-state index in [1.54, 1.807) is 6.07 Å². The Morgan fingerprint density at radius 3 is 3.16 bits per heavy atom. The molecule has 1 atom stereocenters. The molecule has 6 heteroatoms. The Morgan fingerprint density at radius 2 is 2.36 bits per heavy atom. The Kier molecular flexibility index (Phi) is 4.37. The number of likely N-dealkylation sites (tertiary alicyclic amines) is 1. The molecule has 1 aromatic heterocycles. The van der Waals surface area contributed by atoms with E-state index in [-0.39, 0.29) is 5.82 Å². The van der Waals surface area contributed by atoms with Crippen molar-refractivity contribution in [1.82, 2.24) is 15.2 Å². The van der Waals surface area contributed by atoms with Crippen LogP contribution in [0.4, 0.5) is 4.39 Å². The number of benzene rings is 1. The van der Waals surface area contributed by atoms with Crippen LogP contribution in [0.3, 0.4) is 0 Å². The van der Waals surface area contributed by atoms with E-state index in [1.807, 2.05) is 19.3 Å². The summed E-state index contributed by atoms with van der Waals surface area (Å²) in [6.45, 7) is 4.64. The summed E-state index contributed by atoms with van der Waals surface area (Å²) in [7, 11) is 1.84. The molecule has 1 aromatic carbocycles. The van der Waals surface area contributed by atoms with Crippen LogP contribution in [-0.2, 0) is 11.2 Å². The molecule has 5 nitrogen and oxygen atoms in total. The van der Waals surface area contributed by atoms with Crippen LogP contribution in [0, 0.1) is 11.2 Å². The lowest BCUT2D eigenvalue weighted by Crippen LogP contribution is -2.42. The number of nitrogens with one attached hydrogen (secondary N) is 2. The van der Waals surface area contributed by atoms with Gasteiger partial charge in [-0.3, -0.25) is 4.99 Å². The molecule has 0 radical (unpaired) electrons. The first-order valence-electron chi connectivity index (χ1n) is 8.98. The van der Waals surface area contributed by atoms with Gasteiger partial charge in [0.15, 0.2) is 5.96 Å². The number of hydrogen-bond acceptors (Lipinski definition) is 2. The molecule has 2 aliphatic rings. The molecule has 0 aliphatic carbocycles. The van der Waals surface area contributed by atoms with Gasteiger partial charge in [0.1, 0.15) is 5.82 Å². The summed E-state index contributed by atoms with van der Waals surface area (Å²) in [5.41, 5.74) is 2.38. The lowest BCUT2D eigenvalue weighted by Gasteiger charge is -2.24. The summed E-state index contributed by atoms with van der Waals surface area (Å²) in [4.78, 5) is 9.94. The fourth-order valence-corrected chi connectivity index (χ4v) is 4.09. The molecule has 2 aliphatic heterocycles. The minimum Gasteiger partial charge on any atom is -0.381 e. The van der Waals surface area contributed by atoms with Gasteiger partial charge < -0.3 is 19.9 Å². The van der Waals surface area contributed by atoms with E-state index in [0.29, 0.717) is 5.41 Å². The van der Waals surface area contributed by atoms with Crippen molar-refractivity contribution < 1.29 is 9.13 Å². The van der Waals surface area contributed by atoms with E-state index in [9.17, 15) is 4.39 Å². The third-order valence-electron chi connectivity index (χ3n) is 5.54. The zero-order chi connectivity index (χ0) is 17.3. The van der Waals surface area contributed by atoms with Gasteiger partial charge in [-0.15, -0.1) is 0 Å². The highest BCUT2D eigenvalue weighted by Gasteiger charge is 2.42. The maximum Gasteiger partial charge on any atom is 0.193 e. The zero-order valence-electron chi connectivity index (χ0n) is 14.6. The van der Waals surface area contributed by atoms with Gasteiger partial charge in [-0.1, -0.05) is 0 Å². The second-order valence-electron chi connectivity index (χ2n) is 7.20. The molecule has 0 amide bonds. The highest BCUT2D eigenvalue weighted by atomic mass is 19.1. The molecule has 0 saturated carbocycles. The highest BCUT2D eigenvalue weighted by Crippen LogP contribution is 2.38. The van der Waals surface area contributed by atoms with E-state index in [1.165, 1.54) is 18.1 Å². The first-order valence-corrected chi connectivity index (χ1v) is 8.98. The van der Waals surface area contributed by atoms with E-state index in [0.717, 1.165) is 62.6 Å². The summed E-state index contributed by atoms with van der Waals surface area (Å²) in [5, 5.41) is 4.56. The molecule has 1 unspecified atom stereocenters. The third kappa shape index (κ3) is 3.23. The van der Waals surface area contributed by atoms with Gasteiger partial charge in [0.2, 0.25) is 0 Å². The van der Waals surface area contributed by atoms with Crippen molar-refractivity contribution in [2.45, 2.75) is 19.3 Å². The largest absolute Gasteiger partial charge is 0.381 e. The third-order valence-corrected chi connectivity index (χ3v) is 5.54. The number of aliphatic imine (C=N–C) groups is 1. The topological polar surface area (TPSA) is 52.7 Å². The summed E-state index contributed by atoms with van der Waals surface area (Å²) in [6.07, 6.45) is 5.18. The molecule has 134 valence electrons. The van der Waals surface area contributed by atoms with Crippen LogP contribution in [0.15, 0.2) is 29.4 Å². The van der Waals surface area contributed by atoms with Crippen molar-refractivity contribution in [2.24, 2.45) is 10.4 Å². The van der Waals surface area contributed by atoms with Gasteiger partial charge in [0.25, 0.3) is 0 Å². The number of hydrogen-bond donors (Lipinski definition) is 2. The van der Waals surface area contributed by atoms with E-state index >= 15 is 0 Å². The van der Waals surface area contributed by atoms with Gasteiger partial charge >= 0.3 is 0 Å². The predicted octanol–water partition coefficient (Wildman–Crippen LogP) is 2.54. The molecule has 4 rings (SSSR count). The van der Waals surface area contributed by atoms with Crippen LogP contribution in [0.5, 0.6) is 0 Å². The zero-order valence-corrected chi connectivity index (χ0v) is 14.6. The number of fused-ring (bicyclic) bond motifs is 1. The lowest BCUT2D eigenvalue weighted by atomic mass is 9.87. The van der Waals surface area contributed by atoms with Crippen LogP contribution in [0.1, 0.15) is 18.4 Å². The molecular formula is C19H25FN4O. The second kappa shape index (κ2) is 6.67. The molecule has 2 N–H and O–H groups in total. The summed E-state index contributed by atoms with van der Waals surface area (Å²) >= 11 is 0. The van der Waals surface area contributed by atoms with Gasteiger partial charge in [0, 0.05) is 55.8 Å². The smallest absolute Gasteiger partial charge is 0.193 e. The standard InChI is InChI=1S/C19H25FN4O/c1-21-18(24-8-5-19(12-24)6-9-25-13-19)22-7-4-14-11-23-17-10-15(20)2-3-16(14)17/h2-3,10-11,23H,4-9,12-13H2,1H3,(H,21,22). The fraction of sp³-hybridized carbons (Fsp3) is 0.526. The monoisotopic (exact) mass is 344 g/mol. The van der Waals surface area contributed by atoms with Crippen molar-refractivity contribution in [1.29, 1.82) is 0 Å². The van der Waals surface area contributed by atoms with Crippen molar-refractivity contribution in [3.05, 3.63) is 35.8 Å². The number of ether oxygens (including phenoxy) is 1. The SMILES string of the molecule is CN=C(NCCc1c[nH]c2cc(F)ccc12)N1CCC2(CCOC2)C1. The Labute approximate surface area is 147 Å². The quantitative estimate of drug-likeness (QED) is 0.665. The molecule has 25 heavy (non-hydrogen) atoms. The first-order chi connectivity index (χ1) is 12.2. The Bertz CT molecular complexity index is 779. The van der Waals surface area contributed by atoms with E-state index in [4.69, 9.17) is 4.74 Å². The average Bonchev–Trinajstić information content (AvgIpc) is 3.33.